The van der Waals surface area contributed by atoms with Crippen LogP contribution in [0, 0.1) is 11.8 Å². The number of nitrogens with two attached hydrogens (primary N) is 1. The highest BCUT2D eigenvalue weighted by Gasteiger charge is 2.29. The SMILES string of the molecule is NCC(NC(=O)C1CCCC1)C1CCCC1. The van der Waals surface area contributed by atoms with Crippen LogP contribution in [-0.4, -0.2) is 18.5 Å². The number of rotatable bonds is 4. The summed E-state index contributed by atoms with van der Waals surface area (Å²) in [5.41, 5.74) is 5.78. The molecule has 0 aromatic carbocycles. The lowest BCUT2D eigenvalue weighted by Gasteiger charge is -2.24. The van der Waals surface area contributed by atoms with Gasteiger partial charge in [0.15, 0.2) is 0 Å². The second kappa shape index (κ2) is 5.67. The van der Waals surface area contributed by atoms with Crippen molar-refractivity contribution in [3.05, 3.63) is 0 Å². The van der Waals surface area contributed by atoms with E-state index in [1.165, 1.54) is 38.5 Å². The molecule has 3 heteroatoms. The van der Waals surface area contributed by atoms with Crippen LogP contribution in [0.1, 0.15) is 51.4 Å². The van der Waals surface area contributed by atoms with Gasteiger partial charge in [-0.05, 0) is 31.6 Å². The van der Waals surface area contributed by atoms with Gasteiger partial charge in [0.05, 0.1) is 0 Å². The Balaban J connectivity index is 1.82. The van der Waals surface area contributed by atoms with Gasteiger partial charge in [-0.15, -0.1) is 0 Å². The van der Waals surface area contributed by atoms with Crippen molar-refractivity contribution in [1.29, 1.82) is 0 Å². The zero-order valence-electron chi connectivity index (χ0n) is 10.1. The lowest BCUT2D eigenvalue weighted by molar-refractivity contribution is -0.125. The molecule has 2 saturated carbocycles. The fourth-order valence-corrected chi connectivity index (χ4v) is 3.22. The predicted molar refractivity (Wildman–Crippen MR) is 64.9 cm³/mol. The average Bonchev–Trinajstić information content (AvgIpc) is 2.96. The van der Waals surface area contributed by atoms with Crippen molar-refractivity contribution in [3.63, 3.8) is 0 Å². The van der Waals surface area contributed by atoms with Gasteiger partial charge in [-0.3, -0.25) is 4.79 Å². The van der Waals surface area contributed by atoms with E-state index in [-0.39, 0.29) is 17.9 Å². The van der Waals surface area contributed by atoms with Crippen LogP contribution in [0.5, 0.6) is 0 Å². The van der Waals surface area contributed by atoms with Crippen molar-refractivity contribution in [3.8, 4) is 0 Å². The molecule has 3 nitrogen and oxygen atoms in total. The van der Waals surface area contributed by atoms with Gasteiger partial charge in [0.2, 0.25) is 5.91 Å². The number of carbonyl (C=O) groups excluding carboxylic acids is 1. The fourth-order valence-electron chi connectivity index (χ4n) is 3.22. The number of carbonyl (C=O) groups is 1. The van der Waals surface area contributed by atoms with Crippen molar-refractivity contribution >= 4 is 5.91 Å². The van der Waals surface area contributed by atoms with Gasteiger partial charge in [0.25, 0.3) is 0 Å². The van der Waals surface area contributed by atoms with Crippen LogP contribution in [0.15, 0.2) is 0 Å². The van der Waals surface area contributed by atoms with Gasteiger partial charge in [0, 0.05) is 18.5 Å². The molecule has 0 aromatic rings. The van der Waals surface area contributed by atoms with Crippen molar-refractivity contribution in [1.82, 2.24) is 5.32 Å². The lowest BCUT2D eigenvalue weighted by atomic mass is 9.97. The molecule has 2 aliphatic carbocycles. The monoisotopic (exact) mass is 224 g/mol. The summed E-state index contributed by atoms with van der Waals surface area (Å²) in [6.07, 6.45) is 9.69. The molecule has 16 heavy (non-hydrogen) atoms. The quantitative estimate of drug-likeness (QED) is 0.765. The maximum absolute atomic E-state index is 12.0. The van der Waals surface area contributed by atoms with E-state index in [0.717, 1.165) is 12.8 Å². The highest BCUT2D eigenvalue weighted by atomic mass is 16.1. The Labute approximate surface area is 98.2 Å². The van der Waals surface area contributed by atoms with E-state index in [9.17, 15) is 4.79 Å². The van der Waals surface area contributed by atoms with Crippen molar-refractivity contribution < 1.29 is 4.79 Å². The van der Waals surface area contributed by atoms with Gasteiger partial charge in [-0.1, -0.05) is 25.7 Å². The molecule has 0 aliphatic heterocycles. The van der Waals surface area contributed by atoms with Gasteiger partial charge in [-0.25, -0.2) is 0 Å². The molecule has 2 rings (SSSR count). The molecule has 2 fully saturated rings. The first-order valence-electron chi connectivity index (χ1n) is 6.81. The molecule has 0 spiro atoms. The van der Waals surface area contributed by atoms with Gasteiger partial charge in [0.1, 0.15) is 0 Å². The van der Waals surface area contributed by atoms with Crippen LogP contribution in [-0.2, 0) is 4.79 Å². The van der Waals surface area contributed by atoms with Crippen LogP contribution < -0.4 is 11.1 Å². The molecule has 1 unspecified atom stereocenters. The third-order valence-electron chi connectivity index (χ3n) is 4.28. The van der Waals surface area contributed by atoms with E-state index >= 15 is 0 Å². The highest BCUT2D eigenvalue weighted by molar-refractivity contribution is 5.79. The Hall–Kier alpha value is -0.570. The van der Waals surface area contributed by atoms with Crippen LogP contribution in [0.4, 0.5) is 0 Å². The maximum atomic E-state index is 12.0. The second-order valence-electron chi connectivity index (χ2n) is 5.38. The summed E-state index contributed by atoms with van der Waals surface area (Å²) in [4.78, 5) is 12.0. The van der Waals surface area contributed by atoms with E-state index in [4.69, 9.17) is 5.73 Å². The van der Waals surface area contributed by atoms with Gasteiger partial charge < -0.3 is 11.1 Å². The summed E-state index contributed by atoms with van der Waals surface area (Å²) in [6.45, 7) is 0.600. The minimum absolute atomic E-state index is 0.232. The summed E-state index contributed by atoms with van der Waals surface area (Å²) in [6, 6.07) is 0.232. The Morgan fingerprint density at radius 2 is 1.69 bits per heavy atom. The first-order chi connectivity index (χ1) is 7.81. The summed E-state index contributed by atoms with van der Waals surface area (Å²) in [5.74, 6) is 1.17. The summed E-state index contributed by atoms with van der Waals surface area (Å²) in [7, 11) is 0. The zero-order valence-corrected chi connectivity index (χ0v) is 10.1. The second-order valence-corrected chi connectivity index (χ2v) is 5.38. The molecule has 1 amide bonds. The molecule has 2 aliphatic rings. The molecule has 1 atom stereocenters. The Morgan fingerprint density at radius 1 is 1.12 bits per heavy atom. The minimum atomic E-state index is 0.232. The van der Waals surface area contributed by atoms with Crippen LogP contribution in [0.2, 0.25) is 0 Å². The number of nitrogens with one attached hydrogen (secondary N) is 1. The van der Waals surface area contributed by atoms with Crippen molar-refractivity contribution in [2.75, 3.05) is 6.54 Å². The highest BCUT2D eigenvalue weighted by Crippen LogP contribution is 2.29. The van der Waals surface area contributed by atoms with Gasteiger partial charge >= 0.3 is 0 Å². The number of amides is 1. The molecule has 0 radical (unpaired) electrons. The van der Waals surface area contributed by atoms with Crippen LogP contribution in [0.3, 0.4) is 0 Å². The third kappa shape index (κ3) is 2.76. The molecular formula is C13H24N2O. The standard InChI is InChI=1S/C13H24N2O/c14-9-12(10-5-1-2-6-10)15-13(16)11-7-3-4-8-11/h10-12H,1-9,14H2,(H,15,16). The van der Waals surface area contributed by atoms with E-state index < -0.39 is 0 Å². The van der Waals surface area contributed by atoms with Crippen LogP contribution in [0.25, 0.3) is 0 Å². The molecular weight excluding hydrogens is 200 g/mol. The van der Waals surface area contributed by atoms with E-state index in [1.807, 2.05) is 0 Å². The van der Waals surface area contributed by atoms with E-state index in [1.54, 1.807) is 0 Å². The Kier molecular flexibility index (Phi) is 4.22. The number of hydrogen-bond donors (Lipinski definition) is 2. The third-order valence-corrected chi connectivity index (χ3v) is 4.28. The topological polar surface area (TPSA) is 55.1 Å². The first-order valence-corrected chi connectivity index (χ1v) is 6.81. The van der Waals surface area contributed by atoms with E-state index in [2.05, 4.69) is 5.32 Å². The molecule has 0 bridgehead atoms. The predicted octanol–water partition coefficient (Wildman–Crippen LogP) is 1.81. The smallest absolute Gasteiger partial charge is 0.223 e. The zero-order chi connectivity index (χ0) is 11.4. The maximum Gasteiger partial charge on any atom is 0.223 e. The number of hydrogen-bond acceptors (Lipinski definition) is 2. The Bertz CT molecular complexity index is 230. The molecule has 0 aromatic heterocycles. The average molecular weight is 224 g/mol. The van der Waals surface area contributed by atoms with Crippen LogP contribution >= 0.6 is 0 Å². The van der Waals surface area contributed by atoms with Crippen molar-refractivity contribution in [2.24, 2.45) is 17.6 Å². The summed E-state index contributed by atoms with van der Waals surface area (Å²) >= 11 is 0. The Morgan fingerprint density at radius 3 is 2.25 bits per heavy atom. The molecule has 92 valence electrons. The first kappa shape index (κ1) is 11.9. The minimum Gasteiger partial charge on any atom is -0.352 e. The summed E-state index contributed by atoms with van der Waals surface area (Å²) < 4.78 is 0. The lowest BCUT2D eigenvalue weighted by Crippen LogP contribution is -2.46. The van der Waals surface area contributed by atoms with Crippen molar-refractivity contribution in [2.45, 2.75) is 57.4 Å². The van der Waals surface area contributed by atoms with Gasteiger partial charge in [-0.2, -0.15) is 0 Å². The molecule has 0 heterocycles. The van der Waals surface area contributed by atoms with E-state index in [0.29, 0.717) is 12.5 Å². The summed E-state index contributed by atoms with van der Waals surface area (Å²) in [5, 5.41) is 3.19. The normalized spacial score (nSPS) is 24.8. The largest absolute Gasteiger partial charge is 0.352 e. The fraction of sp³-hybridized carbons (Fsp3) is 0.923. The molecule has 3 N–H and O–H groups in total. The molecule has 0 saturated heterocycles.